The van der Waals surface area contributed by atoms with E-state index in [9.17, 15) is 4.79 Å². The molecular formula is C21H27N3O. The standard InChI is InChI=1S/C21H27N3O/c1-4-12-23(13-5-2)18-10-11-19(22-15-18)21(25)24-16(3)14-17-8-6-7-9-20(17)24/h6-11,15-16H,4-5,12-14H2,1-3H3. The minimum Gasteiger partial charge on any atom is -0.370 e. The molecule has 0 fully saturated rings. The molecule has 1 amide bonds. The SMILES string of the molecule is CCCN(CCC)c1ccc(C(=O)N2c3ccccc3CC2C)nc1. The molecule has 0 radical (unpaired) electrons. The van der Waals surface area contributed by atoms with Crippen LogP contribution < -0.4 is 9.80 Å². The van der Waals surface area contributed by atoms with Crippen LogP contribution in [-0.2, 0) is 6.42 Å². The largest absolute Gasteiger partial charge is 0.370 e. The topological polar surface area (TPSA) is 36.4 Å². The van der Waals surface area contributed by atoms with Crippen molar-refractivity contribution in [2.75, 3.05) is 22.9 Å². The first kappa shape index (κ1) is 17.5. The Kier molecular flexibility index (Phi) is 5.37. The van der Waals surface area contributed by atoms with Gasteiger partial charge in [0.1, 0.15) is 5.69 Å². The number of pyridine rings is 1. The van der Waals surface area contributed by atoms with E-state index in [1.807, 2.05) is 41.4 Å². The van der Waals surface area contributed by atoms with Crippen LogP contribution in [-0.4, -0.2) is 30.0 Å². The zero-order valence-corrected chi connectivity index (χ0v) is 15.4. The summed E-state index contributed by atoms with van der Waals surface area (Å²) in [5, 5.41) is 0. The molecular weight excluding hydrogens is 310 g/mol. The molecule has 4 heteroatoms. The monoisotopic (exact) mass is 337 g/mol. The van der Waals surface area contributed by atoms with Gasteiger partial charge < -0.3 is 9.80 Å². The normalized spacial score (nSPS) is 16.0. The van der Waals surface area contributed by atoms with Crippen molar-refractivity contribution in [1.29, 1.82) is 0 Å². The van der Waals surface area contributed by atoms with Crippen LogP contribution in [0.15, 0.2) is 42.6 Å². The van der Waals surface area contributed by atoms with Gasteiger partial charge in [0.2, 0.25) is 0 Å². The fourth-order valence-corrected chi connectivity index (χ4v) is 3.61. The Morgan fingerprint density at radius 2 is 1.88 bits per heavy atom. The molecule has 1 aliphatic heterocycles. The second kappa shape index (κ2) is 7.68. The Balaban J connectivity index is 1.81. The summed E-state index contributed by atoms with van der Waals surface area (Å²) >= 11 is 0. The van der Waals surface area contributed by atoms with Crippen LogP contribution in [0.25, 0.3) is 0 Å². The fourth-order valence-electron chi connectivity index (χ4n) is 3.61. The molecule has 1 aromatic carbocycles. The zero-order chi connectivity index (χ0) is 17.8. The maximum atomic E-state index is 13.0. The van der Waals surface area contributed by atoms with Crippen molar-refractivity contribution in [3.63, 3.8) is 0 Å². The molecule has 132 valence electrons. The number of benzene rings is 1. The molecule has 0 saturated heterocycles. The lowest BCUT2D eigenvalue weighted by Crippen LogP contribution is -2.36. The molecule has 4 nitrogen and oxygen atoms in total. The summed E-state index contributed by atoms with van der Waals surface area (Å²) in [6.45, 7) is 8.48. The highest BCUT2D eigenvalue weighted by molar-refractivity contribution is 6.06. The van der Waals surface area contributed by atoms with Crippen molar-refractivity contribution in [2.45, 2.75) is 46.1 Å². The number of fused-ring (bicyclic) bond motifs is 1. The number of nitrogens with zero attached hydrogens (tertiary/aromatic N) is 3. The van der Waals surface area contributed by atoms with E-state index in [2.05, 4.69) is 36.7 Å². The molecule has 0 bridgehead atoms. The minimum atomic E-state index is -0.0125. The molecule has 0 spiro atoms. The van der Waals surface area contributed by atoms with Gasteiger partial charge in [-0.05, 0) is 49.9 Å². The molecule has 2 heterocycles. The average molecular weight is 337 g/mol. The third-order valence-corrected chi connectivity index (χ3v) is 4.75. The first-order valence-electron chi connectivity index (χ1n) is 9.28. The maximum Gasteiger partial charge on any atom is 0.277 e. The summed E-state index contributed by atoms with van der Waals surface area (Å²) in [6, 6.07) is 12.2. The Morgan fingerprint density at radius 1 is 1.16 bits per heavy atom. The molecule has 1 unspecified atom stereocenters. The van der Waals surface area contributed by atoms with Crippen molar-refractivity contribution in [3.8, 4) is 0 Å². The minimum absolute atomic E-state index is 0.0125. The summed E-state index contributed by atoms with van der Waals surface area (Å²) in [5.41, 5.74) is 3.86. The summed E-state index contributed by atoms with van der Waals surface area (Å²) in [5.74, 6) is -0.0125. The van der Waals surface area contributed by atoms with Crippen LogP contribution in [0.4, 0.5) is 11.4 Å². The first-order chi connectivity index (χ1) is 12.2. The van der Waals surface area contributed by atoms with E-state index in [1.54, 1.807) is 0 Å². The lowest BCUT2D eigenvalue weighted by molar-refractivity contribution is 0.0976. The smallest absolute Gasteiger partial charge is 0.277 e. The number of anilines is 2. The molecule has 0 aliphatic carbocycles. The van der Waals surface area contributed by atoms with Gasteiger partial charge in [0, 0.05) is 24.8 Å². The number of amides is 1. The van der Waals surface area contributed by atoms with E-state index >= 15 is 0 Å². The number of hydrogen-bond donors (Lipinski definition) is 0. The Labute approximate surface area is 150 Å². The van der Waals surface area contributed by atoms with Crippen LogP contribution in [0.5, 0.6) is 0 Å². The van der Waals surface area contributed by atoms with Gasteiger partial charge in [0.05, 0.1) is 11.9 Å². The Bertz CT molecular complexity index is 720. The Morgan fingerprint density at radius 3 is 2.52 bits per heavy atom. The molecule has 1 aromatic heterocycles. The molecule has 2 aromatic rings. The van der Waals surface area contributed by atoms with Crippen molar-refractivity contribution >= 4 is 17.3 Å². The average Bonchev–Trinajstić information content (AvgIpc) is 2.97. The number of carbonyl (C=O) groups excluding carboxylic acids is 1. The second-order valence-corrected chi connectivity index (χ2v) is 6.75. The van der Waals surface area contributed by atoms with Crippen molar-refractivity contribution in [3.05, 3.63) is 53.9 Å². The van der Waals surface area contributed by atoms with Gasteiger partial charge in [-0.1, -0.05) is 32.0 Å². The Hall–Kier alpha value is -2.36. The lowest BCUT2D eigenvalue weighted by atomic mass is 10.1. The number of para-hydroxylation sites is 1. The third-order valence-electron chi connectivity index (χ3n) is 4.75. The van der Waals surface area contributed by atoms with Gasteiger partial charge in [0.15, 0.2) is 0 Å². The van der Waals surface area contributed by atoms with Crippen LogP contribution in [0.3, 0.4) is 0 Å². The highest BCUT2D eigenvalue weighted by Gasteiger charge is 2.31. The van der Waals surface area contributed by atoms with Gasteiger partial charge in [0.25, 0.3) is 5.91 Å². The highest BCUT2D eigenvalue weighted by atomic mass is 16.2. The maximum absolute atomic E-state index is 13.0. The van der Waals surface area contributed by atoms with Gasteiger partial charge in [-0.3, -0.25) is 4.79 Å². The predicted molar refractivity (Wildman–Crippen MR) is 103 cm³/mol. The molecule has 0 N–H and O–H groups in total. The van der Waals surface area contributed by atoms with E-state index in [1.165, 1.54) is 5.56 Å². The summed E-state index contributed by atoms with van der Waals surface area (Å²) in [4.78, 5) is 21.7. The van der Waals surface area contributed by atoms with Crippen LogP contribution >= 0.6 is 0 Å². The summed E-state index contributed by atoms with van der Waals surface area (Å²) in [6.07, 6.45) is 4.94. The summed E-state index contributed by atoms with van der Waals surface area (Å²) in [7, 11) is 0. The van der Waals surface area contributed by atoms with E-state index in [0.717, 1.165) is 43.7 Å². The van der Waals surface area contributed by atoms with Crippen molar-refractivity contribution < 1.29 is 4.79 Å². The van der Waals surface area contributed by atoms with Crippen LogP contribution in [0.2, 0.25) is 0 Å². The fraction of sp³-hybridized carbons (Fsp3) is 0.429. The van der Waals surface area contributed by atoms with E-state index in [0.29, 0.717) is 5.69 Å². The second-order valence-electron chi connectivity index (χ2n) is 6.75. The highest BCUT2D eigenvalue weighted by Crippen LogP contribution is 2.32. The molecule has 1 aliphatic rings. The predicted octanol–water partition coefficient (Wildman–Crippen LogP) is 4.30. The lowest BCUT2D eigenvalue weighted by Gasteiger charge is -2.25. The van der Waals surface area contributed by atoms with Gasteiger partial charge >= 0.3 is 0 Å². The molecule has 1 atom stereocenters. The van der Waals surface area contributed by atoms with Gasteiger partial charge in [-0.2, -0.15) is 0 Å². The molecule has 3 rings (SSSR count). The zero-order valence-electron chi connectivity index (χ0n) is 15.4. The molecule has 0 saturated carbocycles. The van der Waals surface area contributed by atoms with Crippen molar-refractivity contribution in [2.24, 2.45) is 0 Å². The third kappa shape index (κ3) is 3.53. The van der Waals surface area contributed by atoms with E-state index in [-0.39, 0.29) is 11.9 Å². The van der Waals surface area contributed by atoms with Crippen LogP contribution in [0, 0.1) is 0 Å². The number of hydrogen-bond acceptors (Lipinski definition) is 3. The van der Waals surface area contributed by atoms with E-state index in [4.69, 9.17) is 0 Å². The van der Waals surface area contributed by atoms with E-state index < -0.39 is 0 Å². The first-order valence-corrected chi connectivity index (χ1v) is 9.28. The number of rotatable bonds is 6. The number of aromatic nitrogens is 1. The number of carbonyl (C=O) groups is 1. The van der Waals surface area contributed by atoms with Crippen molar-refractivity contribution in [1.82, 2.24) is 4.98 Å². The van der Waals surface area contributed by atoms with Gasteiger partial charge in [-0.25, -0.2) is 4.98 Å². The van der Waals surface area contributed by atoms with Crippen LogP contribution in [0.1, 0.15) is 49.7 Å². The molecule has 25 heavy (non-hydrogen) atoms. The van der Waals surface area contributed by atoms with Gasteiger partial charge in [-0.15, -0.1) is 0 Å². The quantitative estimate of drug-likeness (QED) is 0.788. The summed E-state index contributed by atoms with van der Waals surface area (Å²) < 4.78 is 0.